The number of nitrogens with zero attached hydrogens (tertiary/aromatic N) is 5. The molecule has 3 aromatic rings. The molecule has 1 aliphatic rings. The third-order valence-electron chi connectivity index (χ3n) is 7.26. The Morgan fingerprint density at radius 1 is 1.05 bits per heavy atom. The van der Waals surface area contributed by atoms with Gasteiger partial charge >= 0.3 is 0 Å². The van der Waals surface area contributed by atoms with E-state index in [-0.39, 0.29) is 11.7 Å². The number of halogens is 1. The van der Waals surface area contributed by atoms with Crippen molar-refractivity contribution >= 4 is 11.7 Å². The molecular weight excluding hydrogens is 481 g/mol. The second-order valence-electron chi connectivity index (χ2n) is 10.0. The predicted octanol–water partition coefficient (Wildman–Crippen LogP) is 5.17. The quantitative estimate of drug-likeness (QED) is 0.369. The summed E-state index contributed by atoms with van der Waals surface area (Å²) in [6.07, 6.45) is 1.56. The molecule has 8 heteroatoms. The van der Waals surface area contributed by atoms with Crippen molar-refractivity contribution in [2.45, 2.75) is 53.1 Å². The molecule has 0 unspecified atom stereocenters. The predicted molar refractivity (Wildman–Crippen MR) is 150 cm³/mol. The van der Waals surface area contributed by atoms with Crippen molar-refractivity contribution in [3.63, 3.8) is 0 Å². The first-order chi connectivity index (χ1) is 18.4. The van der Waals surface area contributed by atoms with Crippen LogP contribution >= 0.6 is 0 Å². The molecule has 1 saturated heterocycles. The molecule has 1 aliphatic heterocycles. The highest BCUT2D eigenvalue weighted by Gasteiger charge is 2.29. The van der Waals surface area contributed by atoms with E-state index in [0.29, 0.717) is 30.4 Å². The van der Waals surface area contributed by atoms with Gasteiger partial charge in [0.05, 0.1) is 30.6 Å². The molecule has 4 rings (SSSR count). The highest BCUT2D eigenvalue weighted by atomic mass is 19.1. The summed E-state index contributed by atoms with van der Waals surface area (Å²) in [5.41, 5.74) is 3.36. The lowest BCUT2D eigenvalue weighted by Crippen LogP contribution is -2.49. The van der Waals surface area contributed by atoms with Crippen LogP contribution in [-0.4, -0.2) is 71.4 Å². The zero-order valence-corrected chi connectivity index (χ0v) is 23.3. The van der Waals surface area contributed by atoms with Crippen LogP contribution in [-0.2, 0) is 13.0 Å². The number of hydrogen-bond acceptors (Lipinski definition) is 5. The van der Waals surface area contributed by atoms with Gasteiger partial charge in [-0.3, -0.25) is 9.69 Å². The number of carbonyl (C=O) groups excluding carboxylic acids is 1. The number of anilines is 1. The Balaban J connectivity index is 1.77. The molecule has 1 aromatic heterocycles. The molecule has 1 amide bonds. The normalized spacial score (nSPS) is 14.2. The Labute approximate surface area is 225 Å². The first-order valence-electron chi connectivity index (χ1n) is 13.7. The van der Waals surface area contributed by atoms with Crippen LogP contribution in [0.4, 0.5) is 10.2 Å². The van der Waals surface area contributed by atoms with Gasteiger partial charge in [-0.15, -0.1) is 0 Å². The Morgan fingerprint density at radius 3 is 2.34 bits per heavy atom. The Bertz CT molecular complexity index is 1220. The number of aromatic nitrogens is 2. The largest absolute Gasteiger partial charge is 0.496 e. The maximum absolute atomic E-state index is 13.8. The Hall–Kier alpha value is -3.39. The maximum atomic E-state index is 13.8. The van der Waals surface area contributed by atoms with Gasteiger partial charge < -0.3 is 14.5 Å². The van der Waals surface area contributed by atoms with E-state index in [1.165, 1.54) is 12.1 Å². The summed E-state index contributed by atoms with van der Waals surface area (Å²) in [6.45, 7) is 13.3. The molecule has 1 fully saturated rings. The summed E-state index contributed by atoms with van der Waals surface area (Å²) in [4.78, 5) is 20.5. The monoisotopic (exact) mass is 521 g/mol. The standard InChI is InChI=1S/C30H40FN5O2/c1-6-16-35(30(37)25-10-8-9-11-28(25)38-5)21-26-27(7-2)32-36(24-14-12-23(31)13-15-24)29(26)34-19-17-33(18-20-34)22(3)4/h8-15,22H,6-7,16-21H2,1-5H3. The lowest BCUT2D eigenvalue weighted by atomic mass is 10.1. The third kappa shape index (κ3) is 5.85. The molecule has 0 bridgehead atoms. The SMILES string of the molecule is CCCN(Cc1c(CC)nn(-c2ccc(F)cc2)c1N1CCN(C(C)C)CC1)C(=O)c1ccccc1OC. The van der Waals surface area contributed by atoms with E-state index in [0.717, 1.165) is 61.8 Å². The molecule has 2 aromatic carbocycles. The van der Waals surface area contributed by atoms with Gasteiger partial charge in [-0.1, -0.05) is 26.0 Å². The number of amides is 1. The molecule has 2 heterocycles. The van der Waals surface area contributed by atoms with Crippen LogP contribution in [0, 0.1) is 5.82 Å². The fourth-order valence-corrected chi connectivity index (χ4v) is 5.17. The van der Waals surface area contributed by atoms with Crippen LogP contribution in [0.3, 0.4) is 0 Å². The van der Waals surface area contributed by atoms with Gasteiger partial charge in [0.25, 0.3) is 5.91 Å². The zero-order chi connectivity index (χ0) is 27.2. The van der Waals surface area contributed by atoms with Crippen molar-refractivity contribution < 1.29 is 13.9 Å². The second kappa shape index (κ2) is 12.4. The minimum absolute atomic E-state index is 0.0588. The molecule has 0 spiro atoms. The number of ether oxygens (including phenoxy) is 1. The number of aryl methyl sites for hydroxylation is 1. The first-order valence-corrected chi connectivity index (χ1v) is 13.7. The molecule has 204 valence electrons. The van der Waals surface area contributed by atoms with Crippen molar-refractivity contribution in [3.05, 3.63) is 71.2 Å². The van der Waals surface area contributed by atoms with Crippen molar-refractivity contribution in [1.82, 2.24) is 19.6 Å². The van der Waals surface area contributed by atoms with E-state index in [2.05, 4.69) is 37.5 Å². The molecule has 38 heavy (non-hydrogen) atoms. The van der Waals surface area contributed by atoms with Gasteiger partial charge in [-0.25, -0.2) is 9.07 Å². The fourth-order valence-electron chi connectivity index (χ4n) is 5.17. The Morgan fingerprint density at radius 2 is 1.74 bits per heavy atom. The molecule has 0 saturated carbocycles. The number of piperazine rings is 1. The van der Waals surface area contributed by atoms with Gasteiger partial charge in [0, 0.05) is 44.3 Å². The molecule has 0 aliphatic carbocycles. The van der Waals surface area contributed by atoms with E-state index in [1.54, 1.807) is 19.2 Å². The number of carbonyl (C=O) groups is 1. The number of rotatable bonds is 10. The van der Waals surface area contributed by atoms with E-state index in [1.807, 2.05) is 33.8 Å². The van der Waals surface area contributed by atoms with E-state index < -0.39 is 0 Å². The van der Waals surface area contributed by atoms with Gasteiger partial charge in [-0.05, 0) is 63.1 Å². The minimum Gasteiger partial charge on any atom is -0.496 e. The lowest BCUT2D eigenvalue weighted by Gasteiger charge is -2.38. The summed E-state index contributed by atoms with van der Waals surface area (Å²) in [6, 6.07) is 14.3. The van der Waals surface area contributed by atoms with Crippen LogP contribution < -0.4 is 9.64 Å². The van der Waals surface area contributed by atoms with Crippen molar-refractivity contribution in [3.8, 4) is 11.4 Å². The third-order valence-corrected chi connectivity index (χ3v) is 7.26. The number of hydrogen-bond donors (Lipinski definition) is 0. The van der Waals surface area contributed by atoms with Crippen LogP contribution in [0.5, 0.6) is 5.75 Å². The summed E-state index contributed by atoms with van der Waals surface area (Å²) in [5, 5.41) is 5.01. The summed E-state index contributed by atoms with van der Waals surface area (Å²) in [7, 11) is 1.59. The van der Waals surface area contributed by atoms with Gasteiger partial charge in [0.15, 0.2) is 0 Å². The van der Waals surface area contributed by atoms with E-state index >= 15 is 0 Å². The smallest absolute Gasteiger partial charge is 0.257 e. The maximum Gasteiger partial charge on any atom is 0.257 e. The van der Waals surface area contributed by atoms with Gasteiger partial charge in [0.2, 0.25) is 0 Å². The van der Waals surface area contributed by atoms with Crippen molar-refractivity contribution in [1.29, 1.82) is 0 Å². The minimum atomic E-state index is -0.277. The van der Waals surface area contributed by atoms with Crippen molar-refractivity contribution in [2.75, 3.05) is 44.7 Å². The van der Waals surface area contributed by atoms with E-state index in [9.17, 15) is 9.18 Å². The number of para-hydroxylation sites is 1. The summed E-state index contributed by atoms with van der Waals surface area (Å²) < 4.78 is 21.2. The van der Waals surface area contributed by atoms with Gasteiger partial charge in [0.1, 0.15) is 17.4 Å². The molecular formula is C30H40FN5O2. The zero-order valence-electron chi connectivity index (χ0n) is 23.3. The van der Waals surface area contributed by atoms with Gasteiger partial charge in [-0.2, -0.15) is 5.10 Å². The molecule has 0 atom stereocenters. The second-order valence-corrected chi connectivity index (χ2v) is 10.0. The first kappa shape index (κ1) is 27.6. The Kier molecular flexibility index (Phi) is 9.05. The number of benzene rings is 2. The molecule has 7 nitrogen and oxygen atoms in total. The van der Waals surface area contributed by atoms with Crippen LogP contribution in [0.2, 0.25) is 0 Å². The summed E-state index contributed by atoms with van der Waals surface area (Å²) in [5.74, 6) is 1.23. The van der Waals surface area contributed by atoms with Crippen molar-refractivity contribution in [2.24, 2.45) is 0 Å². The van der Waals surface area contributed by atoms with Crippen LogP contribution in [0.25, 0.3) is 5.69 Å². The molecule has 0 N–H and O–H groups in total. The van der Waals surface area contributed by atoms with Crippen LogP contribution in [0.15, 0.2) is 48.5 Å². The van der Waals surface area contributed by atoms with E-state index in [4.69, 9.17) is 9.84 Å². The highest BCUT2D eigenvalue weighted by Crippen LogP contribution is 2.32. The lowest BCUT2D eigenvalue weighted by molar-refractivity contribution is 0.0739. The molecule has 0 radical (unpaired) electrons. The highest BCUT2D eigenvalue weighted by molar-refractivity contribution is 5.97. The average Bonchev–Trinajstić information content (AvgIpc) is 3.30. The fraction of sp³-hybridized carbons (Fsp3) is 0.467. The summed E-state index contributed by atoms with van der Waals surface area (Å²) >= 11 is 0. The van der Waals surface area contributed by atoms with Crippen LogP contribution in [0.1, 0.15) is 55.7 Å². The number of methoxy groups -OCH3 is 1. The topological polar surface area (TPSA) is 53.8 Å². The average molecular weight is 522 g/mol.